The van der Waals surface area contributed by atoms with Crippen molar-refractivity contribution in [2.45, 2.75) is 103 Å². The van der Waals surface area contributed by atoms with E-state index in [1.807, 2.05) is 6.92 Å². The van der Waals surface area contributed by atoms with Crippen molar-refractivity contribution < 1.29 is 18.7 Å². The molecular weight excluding hydrogens is 423 g/mol. The van der Waals surface area contributed by atoms with Gasteiger partial charge in [0, 0.05) is 23.0 Å². The normalized spacial score (nSPS) is 45.0. The van der Waals surface area contributed by atoms with Crippen LogP contribution in [0.1, 0.15) is 86.0 Å². The van der Waals surface area contributed by atoms with Gasteiger partial charge in [-0.2, -0.15) is 11.8 Å². The Hall–Kier alpha value is -1.10. The summed E-state index contributed by atoms with van der Waals surface area (Å²) in [5, 5.41) is 0. The van der Waals surface area contributed by atoms with Crippen molar-refractivity contribution >= 4 is 23.5 Å². The second-order valence-corrected chi connectivity index (χ2v) is 12.6. The van der Waals surface area contributed by atoms with Gasteiger partial charge in [-0.3, -0.25) is 9.59 Å². The number of alkyl halides is 1. The molecule has 0 aromatic rings. The van der Waals surface area contributed by atoms with Crippen molar-refractivity contribution in [2.24, 2.45) is 22.7 Å². The summed E-state index contributed by atoms with van der Waals surface area (Å²) < 4.78 is 23.7. The molecule has 4 aliphatic carbocycles. The summed E-state index contributed by atoms with van der Waals surface area (Å²) in [5.41, 5.74) is -1.81. The molecule has 4 rings (SSSR count). The Morgan fingerprint density at radius 3 is 2.66 bits per heavy atom. The van der Waals surface area contributed by atoms with Gasteiger partial charge in [0.2, 0.25) is 0 Å². The standard InChI is InChI=1S/C27H39FO3S/c1-6-8-13-26(32-7-2)15-12-21-22-10-9-19-16-20(30)11-14-24(19,4)27(22,28)23(31-18(3)29)17-25(21,26)5/h11,14,16,21-23H,6-10,12-13,15,17H2,1-5H3/t21-,22-,23-,24-,25-,26?,27-/m0/s1. The van der Waals surface area contributed by atoms with E-state index < -0.39 is 23.2 Å². The minimum atomic E-state index is -1.69. The zero-order valence-electron chi connectivity index (χ0n) is 20.3. The first-order valence-electron chi connectivity index (χ1n) is 12.5. The summed E-state index contributed by atoms with van der Waals surface area (Å²) in [6.07, 6.45) is 11.8. The molecule has 178 valence electrons. The molecule has 0 N–H and O–H groups in total. The number of esters is 1. The lowest BCUT2D eigenvalue weighted by Crippen LogP contribution is -2.68. The van der Waals surface area contributed by atoms with E-state index in [0.717, 1.165) is 49.9 Å². The van der Waals surface area contributed by atoms with Crippen LogP contribution in [0.15, 0.2) is 23.8 Å². The summed E-state index contributed by atoms with van der Waals surface area (Å²) >= 11 is 2.06. The van der Waals surface area contributed by atoms with E-state index >= 15 is 4.39 Å². The molecule has 0 spiro atoms. The smallest absolute Gasteiger partial charge is 0.303 e. The van der Waals surface area contributed by atoms with Crippen LogP contribution in [0.25, 0.3) is 0 Å². The molecule has 3 fully saturated rings. The Kier molecular flexibility index (Phi) is 6.22. The third kappa shape index (κ3) is 3.20. The Labute approximate surface area is 197 Å². The average molecular weight is 463 g/mol. The quantitative estimate of drug-likeness (QED) is 0.417. The lowest BCUT2D eigenvalue weighted by molar-refractivity contribution is -0.211. The van der Waals surface area contributed by atoms with Crippen LogP contribution >= 0.6 is 11.8 Å². The Bertz CT molecular complexity index is 852. The summed E-state index contributed by atoms with van der Waals surface area (Å²) in [6.45, 7) is 10.2. The van der Waals surface area contributed by atoms with E-state index in [2.05, 4.69) is 32.5 Å². The first kappa shape index (κ1) is 24.0. The van der Waals surface area contributed by atoms with Crippen molar-refractivity contribution in [1.29, 1.82) is 0 Å². The maximum atomic E-state index is 17.7. The predicted molar refractivity (Wildman–Crippen MR) is 128 cm³/mol. The van der Waals surface area contributed by atoms with Crippen LogP contribution in [0.2, 0.25) is 0 Å². The number of carbonyl (C=O) groups excluding carboxylic acids is 2. The molecule has 32 heavy (non-hydrogen) atoms. The number of halogens is 1. The molecule has 3 saturated carbocycles. The maximum absolute atomic E-state index is 17.7. The predicted octanol–water partition coefficient (Wildman–Crippen LogP) is 6.61. The Balaban J connectivity index is 1.83. The van der Waals surface area contributed by atoms with Gasteiger partial charge in [-0.15, -0.1) is 0 Å². The number of ether oxygens (including phenoxy) is 1. The van der Waals surface area contributed by atoms with Gasteiger partial charge < -0.3 is 4.74 Å². The summed E-state index contributed by atoms with van der Waals surface area (Å²) in [7, 11) is 0. The third-order valence-electron chi connectivity index (χ3n) is 9.57. The van der Waals surface area contributed by atoms with E-state index in [9.17, 15) is 9.59 Å². The van der Waals surface area contributed by atoms with Crippen molar-refractivity contribution in [3.8, 4) is 0 Å². The molecule has 0 aliphatic heterocycles. The highest BCUT2D eigenvalue weighted by molar-refractivity contribution is 8.00. The number of unbranched alkanes of at least 4 members (excludes halogenated alkanes) is 1. The van der Waals surface area contributed by atoms with Crippen LogP contribution in [0.3, 0.4) is 0 Å². The number of hydrogen-bond donors (Lipinski definition) is 0. The topological polar surface area (TPSA) is 43.4 Å². The fraction of sp³-hybridized carbons (Fsp3) is 0.778. The van der Waals surface area contributed by atoms with E-state index in [1.165, 1.54) is 19.4 Å². The summed E-state index contributed by atoms with van der Waals surface area (Å²) in [6, 6.07) is 0. The fourth-order valence-electron chi connectivity index (χ4n) is 8.04. The van der Waals surface area contributed by atoms with Gasteiger partial charge in [-0.25, -0.2) is 4.39 Å². The zero-order valence-corrected chi connectivity index (χ0v) is 21.2. The fourth-order valence-corrected chi connectivity index (χ4v) is 9.71. The number of thioether (sulfide) groups is 1. The second kappa shape index (κ2) is 8.29. The molecule has 0 heterocycles. The van der Waals surface area contributed by atoms with Crippen LogP contribution in [0.4, 0.5) is 4.39 Å². The molecule has 0 bridgehead atoms. The van der Waals surface area contributed by atoms with Gasteiger partial charge in [0.05, 0.1) is 0 Å². The number of allylic oxidation sites excluding steroid dienone is 4. The second-order valence-electron chi connectivity index (χ2n) is 10.9. The number of ketones is 1. The van der Waals surface area contributed by atoms with Crippen LogP contribution in [-0.4, -0.2) is 34.0 Å². The zero-order chi connectivity index (χ0) is 23.4. The average Bonchev–Trinajstić information content (AvgIpc) is 3.00. The number of carbonyl (C=O) groups is 2. The van der Waals surface area contributed by atoms with Gasteiger partial charge in [-0.05, 0) is 74.7 Å². The first-order chi connectivity index (χ1) is 15.1. The highest BCUT2D eigenvalue weighted by Crippen LogP contribution is 2.73. The minimum Gasteiger partial charge on any atom is -0.459 e. The maximum Gasteiger partial charge on any atom is 0.303 e. The van der Waals surface area contributed by atoms with Gasteiger partial charge in [-0.1, -0.05) is 45.3 Å². The third-order valence-corrected chi connectivity index (χ3v) is 11.3. The first-order valence-corrected chi connectivity index (χ1v) is 13.5. The molecule has 7 atom stereocenters. The van der Waals surface area contributed by atoms with Gasteiger partial charge in [0.15, 0.2) is 11.5 Å². The number of hydrogen-bond acceptors (Lipinski definition) is 4. The minimum absolute atomic E-state index is 0.0667. The molecule has 0 amide bonds. The Morgan fingerprint density at radius 1 is 1.25 bits per heavy atom. The van der Waals surface area contributed by atoms with Gasteiger partial charge in [0.25, 0.3) is 0 Å². The highest BCUT2D eigenvalue weighted by atomic mass is 32.2. The van der Waals surface area contributed by atoms with Crippen LogP contribution < -0.4 is 0 Å². The van der Waals surface area contributed by atoms with Crippen molar-refractivity contribution in [1.82, 2.24) is 0 Å². The van der Waals surface area contributed by atoms with Crippen LogP contribution in [-0.2, 0) is 14.3 Å². The van der Waals surface area contributed by atoms with Crippen molar-refractivity contribution in [2.75, 3.05) is 5.75 Å². The molecule has 5 heteroatoms. The Morgan fingerprint density at radius 2 is 2.00 bits per heavy atom. The van der Waals surface area contributed by atoms with Gasteiger partial charge >= 0.3 is 5.97 Å². The summed E-state index contributed by atoms with van der Waals surface area (Å²) in [5.74, 6) is 0.656. The van der Waals surface area contributed by atoms with E-state index in [-0.39, 0.29) is 27.8 Å². The van der Waals surface area contributed by atoms with Crippen molar-refractivity contribution in [3.05, 3.63) is 23.8 Å². The molecule has 1 unspecified atom stereocenters. The van der Waals surface area contributed by atoms with E-state index in [4.69, 9.17) is 4.74 Å². The largest absolute Gasteiger partial charge is 0.459 e. The number of fused-ring (bicyclic) bond motifs is 5. The van der Waals surface area contributed by atoms with Crippen LogP contribution in [0.5, 0.6) is 0 Å². The van der Waals surface area contributed by atoms with Gasteiger partial charge in [0.1, 0.15) is 6.10 Å². The molecule has 0 aromatic heterocycles. The summed E-state index contributed by atoms with van der Waals surface area (Å²) in [4.78, 5) is 24.3. The lowest BCUT2D eigenvalue weighted by atomic mass is 9.45. The SMILES string of the molecule is CCCCC1(SCC)CC[C@H]2[C@@H]3CCC4=CC(=O)C=C[C@]4(C)[C@@]3(F)[C@@H](OC(C)=O)C[C@@]21C. The van der Waals surface area contributed by atoms with Crippen LogP contribution in [0, 0.1) is 22.7 Å². The number of rotatable bonds is 6. The molecule has 0 saturated heterocycles. The molecule has 0 radical (unpaired) electrons. The van der Waals surface area contributed by atoms with E-state index in [1.54, 1.807) is 12.2 Å². The monoisotopic (exact) mass is 462 g/mol. The highest BCUT2D eigenvalue weighted by Gasteiger charge is 2.73. The molecule has 0 aromatic carbocycles. The van der Waals surface area contributed by atoms with Crippen molar-refractivity contribution in [3.63, 3.8) is 0 Å². The molecule has 3 nitrogen and oxygen atoms in total. The molecular formula is C27H39FO3S. The van der Waals surface area contributed by atoms with E-state index in [0.29, 0.717) is 6.42 Å². The molecule has 4 aliphatic rings. The lowest BCUT2D eigenvalue weighted by Gasteiger charge is -2.64.